The zero-order valence-electron chi connectivity index (χ0n) is 17.0. The fourth-order valence-electron chi connectivity index (χ4n) is 3.86. The Hall–Kier alpha value is -3.54. The molecule has 4 aromatic rings. The predicted molar refractivity (Wildman–Crippen MR) is 116 cm³/mol. The van der Waals surface area contributed by atoms with Crippen LogP contribution in [0.3, 0.4) is 0 Å². The van der Waals surface area contributed by atoms with Gasteiger partial charge in [0.05, 0.1) is 26.5 Å². The minimum absolute atomic E-state index is 0.0392. The standard InChI is InChI=1S/C24H23N3O3/c1-29-19-10-9-18(22(12-19)30-2)13-27-23(26-14-21(25-15-26)16-7-8-16)11-17-5-3-4-6-20(17)24(27)28/h3-6,9-12,14-16H,7-8,13H2,1-2H3. The van der Waals surface area contributed by atoms with Crippen molar-refractivity contribution < 1.29 is 9.47 Å². The van der Waals surface area contributed by atoms with Crippen molar-refractivity contribution >= 4 is 10.8 Å². The molecule has 1 fully saturated rings. The third-order valence-corrected chi connectivity index (χ3v) is 5.68. The van der Waals surface area contributed by atoms with Gasteiger partial charge in [-0.05, 0) is 42.5 Å². The highest BCUT2D eigenvalue weighted by molar-refractivity contribution is 5.83. The fourth-order valence-corrected chi connectivity index (χ4v) is 3.86. The number of nitrogens with zero attached hydrogens (tertiary/aromatic N) is 3. The number of ether oxygens (including phenoxy) is 2. The molecule has 2 heterocycles. The van der Waals surface area contributed by atoms with Gasteiger partial charge in [-0.25, -0.2) is 4.98 Å². The van der Waals surface area contributed by atoms with E-state index in [1.54, 1.807) is 25.1 Å². The van der Waals surface area contributed by atoms with Gasteiger partial charge in [-0.15, -0.1) is 0 Å². The van der Waals surface area contributed by atoms with E-state index in [9.17, 15) is 4.79 Å². The summed E-state index contributed by atoms with van der Waals surface area (Å²) in [6, 6.07) is 15.4. The number of methoxy groups -OCH3 is 2. The predicted octanol–water partition coefficient (Wildman–Crippen LogP) is 4.13. The van der Waals surface area contributed by atoms with E-state index in [4.69, 9.17) is 9.47 Å². The number of pyridine rings is 1. The number of benzene rings is 2. The summed E-state index contributed by atoms with van der Waals surface area (Å²) >= 11 is 0. The normalized spacial score (nSPS) is 13.5. The molecular weight excluding hydrogens is 378 g/mol. The van der Waals surface area contributed by atoms with E-state index in [0.717, 1.165) is 22.5 Å². The van der Waals surface area contributed by atoms with Crippen molar-refractivity contribution in [3.8, 4) is 17.3 Å². The van der Waals surface area contributed by atoms with Gasteiger partial charge in [0.2, 0.25) is 0 Å². The third-order valence-electron chi connectivity index (χ3n) is 5.68. The molecule has 0 amide bonds. The number of hydrogen-bond acceptors (Lipinski definition) is 4. The van der Waals surface area contributed by atoms with Gasteiger partial charge >= 0.3 is 0 Å². The van der Waals surface area contributed by atoms with Gasteiger partial charge < -0.3 is 9.47 Å². The molecule has 1 aliphatic carbocycles. The largest absolute Gasteiger partial charge is 0.497 e. The maximum atomic E-state index is 13.5. The summed E-state index contributed by atoms with van der Waals surface area (Å²) in [7, 11) is 3.25. The highest BCUT2D eigenvalue weighted by Crippen LogP contribution is 2.39. The molecule has 0 N–H and O–H groups in total. The van der Waals surface area contributed by atoms with Gasteiger partial charge in [0, 0.05) is 29.1 Å². The van der Waals surface area contributed by atoms with Crippen LogP contribution in [0.1, 0.15) is 30.0 Å². The molecule has 0 spiro atoms. The lowest BCUT2D eigenvalue weighted by Crippen LogP contribution is -2.25. The van der Waals surface area contributed by atoms with Crippen LogP contribution >= 0.6 is 0 Å². The number of aromatic nitrogens is 3. The van der Waals surface area contributed by atoms with Gasteiger partial charge in [0.25, 0.3) is 5.56 Å². The maximum absolute atomic E-state index is 13.5. The van der Waals surface area contributed by atoms with Gasteiger partial charge in [-0.2, -0.15) is 0 Å². The van der Waals surface area contributed by atoms with E-state index in [2.05, 4.69) is 4.98 Å². The Kier molecular flexibility index (Phi) is 4.54. The number of rotatable bonds is 6. The average Bonchev–Trinajstić information content (AvgIpc) is 3.52. The molecule has 152 valence electrons. The van der Waals surface area contributed by atoms with E-state index in [1.807, 2.05) is 59.3 Å². The summed E-state index contributed by atoms with van der Waals surface area (Å²) in [6.45, 7) is 0.378. The van der Waals surface area contributed by atoms with Crippen molar-refractivity contribution in [1.82, 2.24) is 14.1 Å². The van der Waals surface area contributed by atoms with Gasteiger partial charge in [0.1, 0.15) is 23.6 Å². The number of imidazole rings is 1. The first-order valence-corrected chi connectivity index (χ1v) is 10.1. The van der Waals surface area contributed by atoms with Crippen LogP contribution in [0.15, 0.2) is 65.8 Å². The van der Waals surface area contributed by atoms with Crippen LogP contribution in [0.4, 0.5) is 0 Å². The molecule has 6 nitrogen and oxygen atoms in total. The molecule has 2 aromatic heterocycles. The summed E-state index contributed by atoms with van der Waals surface area (Å²) in [5.74, 6) is 2.74. The Morgan fingerprint density at radius 3 is 2.67 bits per heavy atom. The molecule has 5 rings (SSSR count). The van der Waals surface area contributed by atoms with Crippen molar-refractivity contribution in [3.05, 3.63) is 82.7 Å². The Morgan fingerprint density at radius 1 is 1.07 bits per heavy atom. The summed E-state index contributed by atoms with van der Waals surface area (Å²) in [5, 5.41) is 1.60. The molecule has 0 unspecified atom stereocenters. The molecule has 0 bridgehead atoms. The second-order valence-corrected chi connectivity index (χ2v) is 7.64. The lowest BCUT2D eigenvalue weighted by Gasteiger charge is -2.17. The van der Waals surface area contributed by atoms with Crippen LogP contribution in [-0.2, 0) is 6.54 Å². The number of hydrogen-bond donors (Lipinski definition) is 0. The first-order chi connectivity index (χ1) is 14.7. The molecule has 1 aliphatic rings. The molecule has 2 aromatic carbocycles. The van der Waals surface area contributed by atoms with E-state index < -0.39 is 0 Å². The summed E-state index contributed by atoms with van der Waals surface area (Å²) in [5.41, 5.74) is 1.95. The average molecular weight is 401 g/mol. The van der Waals surface area contributed by atoms with E-state index in [0.29, 0.717) is 29.3 Å². The summed E-state index contributed by atoms with van der Waals surface area (Å²) in [6.07, 6.45) is 6.22. The van der Waals surface area contributed by atoms with Gasteiger partial charge in [-0.3, -0.25) is 13.9 Å². The van der Waals surface area contributed by atoms with Gasteiger partial charge in [0.15, 0.2) is 0 Å². The Morgan fingerprint density at radius 2 is 1.90 bits per heavy atom. The van der Waals surface area contributed by atoms with Crippen molar-refractivity contribution in [1.29, 1.82) is 0 Å². The first-order valence-electron chi connectivity index (χ1n) is 10.1. The van der Waals surface area contributed by atoms with Crippen molar-refractivity contribution in [2.45, 2.75) is 25.3 Å². The molecule has 6 heteroatoms. The molecule has 0 aliphatic heterocycles. The van der Waals surface area contributed by atoms with Crippen LogP contribution in [0.25, 0.3) is 16.6 Å². The lowest BCUT2D eigenvalue weighted by molar-refractivity contribution is 0.390. The third kappa shape index (κ3) is 3.24. The Labute approximate surface area is 174 Å². The zero-order valence-corrected chi connectivity index (χ0v) is 17.0. The SMILES string of the molecule is COc1ccc(Cn2c(-n3cnc(C4CC4)c3)cc3ccccc3c2=O)c(OC)c1. The summed E-state index contributed by atoms with van der Waals surface area (Å²) in [4.78, 5) is 18.0. The van der Waals surface area contributed by atoms with Crippen molar-refractivity contribution in [2.75, 3.05) is 14.2 Å². The van der Waals surface area contributed by atoms with Crippen molar-refractivity contribution in [3.63, 3.8) is 0 Å². The summed E-state index contributed by atoms with van der Waals surface area (Å²) < 4.78 is 14.6. The molecular formula is C24H23N3O3. The second kappa shape index (κ2) is 7.37. The first kappa shape index (κ1) is 18.5. The maximum Gasteiger partial charge on any atom is 0.260 e. The molecule has 0 atom stereocenters. The Bertz CT molecular complexity index is 1280. The second-order valence-electron chi connectivity index (χ2n) is 7.64. The molecule has 0 radical (unpaired) electrons. The lowest BCUT2D eigenvalue weighted by atomic mass is 10.1. The highest BCUT2D eigenvalue weighted by atomic mass is 16.5. The zero-order chi connectivity index (χ0) is 20.7. The van der Waals surface area contributed by atoms with Crippen LogP contribution in [-0.4, -0.2) is 28.3 Å². The molecule has 0 saturated heterocycles. The van der Waals surface area contributed by atoms with Crippen LogP contribution in [0, 0.1) is 0 Å². The van der Waals surface area contributed by atoms with E-state index in [1.165, 1.54) is 12.8 Å². The smallest absolute Gasteiger partial charge is 0.260 e. The van der Waals surface area contributed by atoms with Gasteiger partial charge in [-0.1, -0.05) is 18.2 Å². The van der Waals surface area contributed by atoms with E-state index >= 15 is 0 Å². The molecule has 30 heavy (non-hydrogen) atoms. The van der Waals surface area contributed by atoms with Crippen LogP contribution in [0.5, 0.6) is 11.5 Å². The quantitative estimate of drug-likeness (QED) is 0.487. The monoisotopic (exact) mass is 401 g/mol. The minimum Gasteiger partial charge on any atom is -0.497 e. The van der Waals surface area contributed by atoms with Crippen LogP contribution in [0.2, 0.25) is 0 Å². The topological polar surface area (TPSA) is 58.3 Å². The van der Waals surface area contributed by atoms with Crippen molar-refractivity contribution in [2.24, 2.45) is 0 Å². The van der Waals surface area contributed by atoms with Crippen LogP contribution < -0.4 is 15.0 Å². The molecule has 1 saturated carbocycles. The fraction of sp³-hybridized carbons (Fsp3) is 0.250. The van der Waals surface area contributed by atoms with E-state index in [-0.39, 0.29) is 5.56 Å². The number of fused-ring (bicyclic) bond motifs is 1. The highest BCUT2D eigenvalue weighted by Gasteiger charge is 2.26. The minimum atomic E-state index is -0.0392. The Balaban J connectivity index is 1.67.